The standard InChI is InChI=1S/C29H33Cl2N3O5S/c1-20(2)17-32-29(36)21(3)33(18-22-10-13-24(39-4)14-11-22)28(35)19-34(27-16-23(30)12-15-26(27)31)40(37,38)25-8-6-5-7-9-25/h5-16,20-21H,17-19H2,1-4H3,(H,32,36)/t21-/m0/s1. The van der Waals surface area contributed by atoms with E-state index in [9.17, 15) is 18.0 Å². The van der Waals surface area contributed by atoms with E-state index in [1.807, 2.05) is 13.8 Å². The molecule has 0 aliphatic rings. The number of hydrogen-bond donors (Lipinski definition) is 1. The largest absolute Gasteiger partial charge is 0.497 e. The van der Waals surface area contributed by atoms with Crippen LogP contribution >= 0.6 is 23.2 Å². The van der Waals surface area contributed by atoms with Gasteiger partial charge in [-0.1, -0.05) is 67.4 Å². The van der Waals surface area contributed by atoms with Crippen molar-refractivity contribution in [2.45, 2.75) is 38.3 Å². The van der Waals surface area contributed by atoms with Crippen molar-refractivity contribution in [2.24, 2.45) is 5.92 Å². The summed E-state index contributed by atoms with van der Waals surface area (Å²) in [5, 5.41) is 3.20. The maximum Gasteiger partial charge on any atom is 0.264 e. The van der Waals surface area contributed by atoms with E-state index in [0.717, 1.165) is 9.87 Å². The van der Waals surface area contributed by atoms with Gasteiger partial charge in [-0.25, -0.2) is 8.42 Å². The minimum absolute atomic E-state index is 0.0247. The molecule has 11 heteroatoms. The van der Waals surface area contributed by atoms with Gasteiger partial charge in [0.15, 0.2) is 0 Å². The summed E-state index contributed by atoms with van der Waals surface area (Å²) >= 11 is 12.6. The predicted octanol–water partition coefficient (Wildman–Crippen LogP) is 5.39. The van der Waals surface area contributed by atoms with Crippen molar-refractivity contribution in [1.82, 2.24) is 10.2 Å². The Kier molecular flexibility index (Phi) is 10.8. The average Bonchev–Trinajstić information content (AvgIpc) is 2.94. The highest BCUT2D eigenvalue weighted by Crippen LogP contribution is 2.33. The van der Waals surface area contributed by atoms with E-state index in [-0.39, 0.29) is 39.0 Å². The maximum absolute atomic E-state index is 14.0. The molecular weight excluding hydrogens is 573 g/mol. The second-order valence-corrected chi connectivity index (χ2v) is 12.3. The Morgan fingerprint density at radius 2 is 1.60 bits per heavy atom. The SMILES string of the molecule is COc1ccc(CN(C(=O)CN(c2cc(Cl)ccc2Cl)S(=O)(=O)c2ccccc2)[C@@H](C)C(=O)NCC(C)C)cc1. The minimum atomic E-state index is -4.25. The van der Waals surface area contributed by atoms with Crippen molar-refractivity contribution in [3.05, 3.63) is 88.4 Å². The fourth-order valence-corrected chi connectivity index (χ4v) is 5.75. The van der Waals surface area contributed by atoms with E-state index in [2.05, 4.69) is 5.32 Å². The molecule has 8 nitrogen and oxygen atoms in total. The zero-order valence-electron chi connectivity index (χ0n) is 22.8. The third-order valence-corrected chi connectivity index (χ3v) is 8.48. The number of carbonyl (C=O) groups is 2. The van der Waals surface area contributed by atoms with Gasteiger partial charge in [-0.2, -0.15) is 0 Å². The zero-order chi connectivity index (χ0) is 29.4. The van der Waals surface area contributed by atoms with Crippen LogP contribution in [0.15, 0.2) is 77.7 Å². The third kappa shape index (κ3) is 7.90. The summed E-state index contributed by atoms with van der Waals surface area (Å²) in [6, 6.07) is 18.3. The molecule has 0 unspecified atom stereocenters. The van der Waals surface area contributed by atoms with Crippen LogP contribution in [0.5, 0.6) is 5.75 Å². The van der Waals surface area contributed by atoms with Crippen LogP contribution in [0.25, 0.3) is 0 Å². The van der Waals surface area contributed by atoms with E-state index >= 15 is 0 Å². The first-order valence-corrected chi connectivity index (χ1v) is 14.9. The van der Waals surface area contributed by atoms with Crippen LogP contribution in [0.3, 0.4) is 0 Å². The van der Waals surface area contributed by atoms with Crippen LogP contribution in [0.2, 0.25) is 10.0 Å². The zero-order valence-corrected chi connectivity index (χ0v) is 25.1. The van der Waals surface area contributed by atoms with Crippen molar-refractivity contribution in [3.8, 4) is 5.75 Å². The van der Waals surface area contributed by atoms with E-state index in [1.54, 1.807) is 56.5 Å². The molecule has 3 rings (SSSR count). The number of amides is 2. The maximum atomic E-state index is 14.0. The van der Waals surface area contributed by atoms with Crippen LogP contribution in [0.1, 0.15) is 26.3 Å². The first-order valence-electron chi connectivity index (χ1n) is 12.7. The number of ether oxygens (including phenoxy) is 1. The van der Waals surface area contributed by atoms with Gasteiger partial charge in [0.2, 0.25) is 11.8 Å². The molecule has 0 saturated heterocycles. The molecule has 1 N–H and O–H groups in total. The van der Waals surface area contributed by atoms with Gasteiger partial charge in [0, 0.05) is 18.1 Å². The lowest BCUT2D eigenvalue weighted by atomic mass is 10.1. The summed E-state index contributed by atoms with van der Waals surface area (Å²) in [5.41, 5.74) is 0.781. The van der Waals surface area contributed by atoms with Crippen LogP contribution in [-0.4, -0.2) is 51.4 Å². The van der Waals surface area contributed by atoms with Crippen LogP contribution in [0, 0.1) is 5.92 Å². The Labute approximate surface area is 245 Å². The molecular formula is C29H33Cl2N3O5S. The van der Waals surface area contributed by atoms with Crippen molar-refractivity contribution in [2.75, 3.05) is 24.5 Å². The number of rotatable bonds is 12. The molecule has 0 saturated carbocycles. The summed E-state index contributed by atoms with van der Waals surface area (Å²) in [6.45, 7) is 5.41. The van der Waals surface area contributed by atoms with Gasteiger partial charge in [0.05, 0.1) is 22.7 Å². The summed E-state index contributed by atoms with van der Waals surface area (Å²) < 4.78 is 33.8. The van der Waals surface area contributed by atoms with Crippen molar-refractivity contribution in [3.63, 3.8) is 0 Å². The molecule has 0 aliphatic heterocycles. The molecule has 0 aromatic heterocycles. The highest BCUT2D eigenvalue weighted by molar-refractivity contribution is 7.92. The molecule has 1 atom stereocenters. The lowest BCUT2D eigenvalue weighted by molar-refractivity contribution is -0.139. The summed E-state index contributed by atoms with van der Waals surface area (Å²) in [4.78, 5) is 28.3. The molecule has 0 spiro atoms. The molecule has 3 aromatic rings. The van der Waals surface area contributed by atoms with E-state index in [4.69, 9.17) is 27.9 Å². The number of nitrogens with zero attached hydrogens (tertiary/aromatic N) is 2. The average molecular weight is 607 g/mol. The Balaban J connectivity index is 2.03. The van der Waals surface area contributed by atoms with Crippen LogP contribution in [0.4, 0.5) is 5.69 Å². The Hall–Kier alpha value is -3.27. The summed E-state index contributed by atoms with van der Waals surface area (Å²) in [7, 11) is -2.70. The topological polar surface area (TPSA) is 96.0 Å². The Bertz CT molecular complexity index is 1420. The van der Waals surface area contributed by atoms with E-state index in [1.165, 1.54) is 35.2 Å². The molecule has 2 amide bonds. The molecule has 0 aliphatic carbocycles. The lowest BCUT2D eigenvalue weighted by Crippen LogP contribution is -2.51. The second kappa shape index (κ2) is 13.9. The molecule has 0 fully saturated rings. The van der Waals surface area contributed by atoms with Gasteiger partial charge in [-0.3, -0.25) is 13.9 Å². The molecule has 0 radical (unpaired) electrons. The smallest absolute Gasteiger partial charge is 0.264 e. The Morgan fingerprint density at radius 1 is 0.950 bits per heavy atom. The van der Waals surface area contributed by atoms with Gasteiger partial charge in [0.1, 0.15) is 18.3 Å². The highest BCUT2D eigenvalue weighted by atomic mass is 35.5. The van der Waals surface area contributed by atoms with E-state index in [0.29, 0.717) is 12.3 Å². The second-order valence-electron chi connectivity index (χ2n) is 9.61. The van der Waals surface area contributed by atoms with Gasteiger partial charge >= 0.3 is 0 Å². The van der Waals surface area contributed by atoms with Gasteiger partial charge in [-0.15, -0.1) is 0 Å². The molecule has 214 valence electrons. The van der Waals surface area contributed by atoms with Crippen molar-refractivity contribution >= 4 is 50.7 Å². The van der Waals surface area contributed by atoms with Gasteiger partial charge < -0.3 is 15.0 Å². The number of carbonyl (C=O) groups excluding carboxylic acids is 2. The van der Waals surface area contributed by atoms with Gasteiger partial charge in [0.25, 0.3) is 10.0 Å². The number of halogens is 2. The first-order chi connectivity index (χ1) is 18.9. The lowest BCUT2D eigenvalue weighted by Gasteiger charge is -2.32. The summed E-state index contributed by atoms with van der Waals surface area (Å²) in [5.74, 6) is -0.106. The third-order valence-electron chi connectivity index (χ3n) is 6.15. The number of hydrogen-bond acceptors (Lipinski definition) is 5. The number of anilines is 1. The number of benzene rings is 3. The fourth-order valence-electron chi connectivity index (χ4n) is 3.87. The van der Waals surface area contributed by atoms with Crippen LogP contribution < -0.4 is 14.4 Å². The number of sulfonamides is 1. The normalized spacial score (nSPS) is 12.1. The first kappa shape index (κ1) is 31.3. The predicted molar refractivity (Wildman–Crippen MR) is 158 cm³/mol. The van der Waals surface area contributed by atoms with Crippen molar-refractivity contribution < 1.29 is 22.7 Å². The summed E-state index contributed by atoms with van der Waals surface area (Å²) in [6.07, 6.45) is 0. The molecule has 40 heavy (non-hydrogen) atoms. The quantitative estimate of drug-likeness (QED) is 0.299. The Morgan fingerprint density at radius 3 is 2.20 bits per heavy atom. The molecule has 0 heterocycles. The van der Waals surface area contributed by atoms with E-state index < -0.39 is 28.5 Å². The molecule has 0 bridgehead atoms. The number of nitrogens with one attached hydrogen (secondary N) is 1. The molecule has 3 aromatic carbocycles. The monoisotopic (exact) mass is 605 g/mol. The van der Waals surface area contributed by atoms with Crippen molar-refractivity contribution in [1.29, 1.82) is 0 Å². The number of methoxy groups -OCH3 is 1. The minimum Gasteiger partial charge on any atom is -0.497 e. The fraction of sp³-hybridized carbons (Fsp3) is 0.310. The highest BCUT2D eigenvalue weighted by Gasteiger charge is 2.33. The van der Waals surface area contributed by atoms with Crippen LogP contribution in [-0.2, 0) is 26.2 Å². The van der Waals surface area contributed by atoms with Gasteiger partial charge in [-0.05, 0) is 60.9 Å².